The molecule has 2 aromatic carbocycles. The van der Waals surface area contributed by atoms with Gasteiger partial charge in [-0.15, -0.1) is 0 Å². The van der Waals surface area contributed by atoms with E-state index < -0.39 is 15.7 Å². The predicted molar refractivity (Wildman–Crippen MR) is 102 cm³/mol. The van der Waals surface area contributed by atoms with E-state index in [1.807, 2.05) is 12.1 Å². The molecule has 0 radical (unpaired) electrons. The normalized spacial score (nSPS) is 24.6. The van der Waals surface area contributed by atoms with Crippen molar-refractivity contribution in [3.05, 3.63) is 64.2 Å². The molecule has 0 spiro atoms. The molecule has 4 rings (SSSR count). The fourth-order valence-electron chi connectivity index (χ4n) is 3.21. The van der Waals surface area contributed by atoms with Crippen LogP contribution < -0.4 is 4.72 Å². The number of nitrogens with zero attached hydrogens (tertiary/aromatic N) is 1. The van der Waals surface area contributed by atoms with Crippen molar-refractivity contribution < 1.29 is 13.5 Å². The molecule has 2 atom stereocenters. The number of fused-ring (bicyclic) bond motifs is 3. The number of thioether (sulfide) groups is 1. The summed E-state index contributed by atoms with van der Waals surface area (Å²) in [6, 6.07) is 12.5. The molecule has 0 saturated carbocycles. The van der Waals surface area contributed by atoms with E-state index in [1.54, 1.807) is 30.3 Å². The molecule has 130 valence electrons. The van der Waals surface area contributed by atoms with Crippen LogP contribution in [0.2, 0.25) is 5.02 Å². The molecule has 0 aromatic heterocycles. The zero-order valence-electron chi connectivity index (χ0n) is 13.2. The molecule has 5 nitrogen and oxygen atoms in total. The largest absolute Gasteiger partial charge is 0.365 e. The minimum absolute atomic E-state index is 0.0789. The van der Waals surface area contributed by atoms with Gasteiger partial charge in [0.15, 0.2) is 5.72 Å². The average Bonchev–Trinajstić information content (AvgIpc) is 2.96. The van der Waals surface area contributed by atoms with Crippen LogP contribution in [0.4, 0.5) is 5.69 Å². The van der Waals surface area contributed by atoms with E-state index in [4.69, 9.17) is 11.6 Å². The van der Waals surface area contributed by atoms with Crippen molar-refractivity contribution in [2.24, 2.45) is 4.99 Å². The minimum atomic E-state index is -3.30. The molecule has 2 N–H and O–H groups in total. The second kappa shape index (κ2) is 5.74. The van der Waals surface area contributed by atoms with Crippen molar-refractivity contribution in [3.8, 4) is 0 Å². The highest BCUT2D eigenvalue weighted by atomic mass is 35.5. The number of aliphatic imine (C=N–C) groups is 1. The van der Waals surface area contributed by atoms with Crippen LogP contribution in [0.1, 0.15) is 16.7 Å². The van der Waals surface area contributed by atoms with Crippen LogP contribution in [0.15, 0.2) is 47.5 Å². The molecular formula is C17H15ClN2O3S2. The zero-order chi connectivity index (χ0) is 17.8. The first kappa shape index (κ1) is 16.9. The lowest BCUT2D eigenvalue weighted by Gasteiger charge is -2.19. The second-order valence-corrected chi connectivity index (χ2v) is 9.58. The van der Waals surface area contributed by atoms with E-state index in [1.165, 1.54) is 11.8 Å². The number of anilines is 1. The van der Waals surface area contributed by atoms with Gasteiger partial charge in [-0.3, -0.25) is 4.72 Å². The first-order valence-corrected chi connectivity index (χ1v) is 10.8. The highest BCUT2D eigenvalue weighted by Gasteiger charge is 2.50. The fourth-order valence-corrected chi connectivity index (χ4v) is 5.30. The summed E-state index contributed by atoms with van der Waals surface area (Å²) in [4.78, 5) is 4.58. The van der Waals surface area contributed by atoms with Gasteiger partial charge in [0.2, 0.25) is 10.0 Å². The topological polar surface area (TPSA) is 78.8 Å². The van der Waals surface area contributed by atoms with E-state index in [2.05, 4.69) is 9.71 Å². The lowest BCUT2D eigenvalue weighted by atomic mass is 10.1. The molecule has 1 heterocycles. The number of hydrogen-bond donors (Lipinski definition) is 2. The van der Waals surface area contributed by atoms with E-state index in [9.17, 15) is 13.5 Å². The Morgan fingerprint density at radius 3 is 2.68 bits per heavy atom. The first-order chi connectivity index (χ1) is 11.7. The SMILES string of the molecule is CS(=O)(=O)Nc1ccc(C2=NC3(O)c4ccc(Cl)cc4CC3S2)cc1. The summed E-state index contributed by atoms with van der Waals surface area (Å²) in [5.74, 6) is 0. The third kappa shape index (κ3) is 3.06. The molecule has 0 bridgehead atoms. The maximum atomic E-state index is 11.3. The molecule has 0 saturated heterocycles. The summed E-state index contributed by atoms with van der Waals surface area (Å²) in [6.07, 6.45) is 1.82. The van der Waals surface area contributed by atoms with Crippen LogP contribution in [0.25, 0.3) is 0 Å². The summed E-state index contributed by atoms with van der Waals surface area (Å²) in [5, 5.41) is 12.4. The molecular weight excluding hydrogens is 380 g/mol. The van der Waals surface area contributed by atoms with Crippen LogP contribution >= 0.6 is 23.4 Å². The lowest BCUT2D eigenvalue weighted by molar-refractivity contribution is 0.0580. The molecule has 0 fully saturated rings. The highest BCUT2D eigenvalue weighted by molar-refractivity contribution is 8.15. The second-order valence-electron chi connectivity index (χ2n) is 6.21. The Morgan fingerprint density at radius 1 is 1.28 bits per heavy atom. The van der Waals surface area contributed by atoms with Crippen LogP contribution in [0, 0.1) is 0 Å². The molecule has 1 aliphatic heterocycles. The Morgan fingerprint density at radius 2 is 2.00 bits per heavy atom. The first-order valence-electron chi connectivity index (χ1n) is 7.61. The van der Waals surface area contributed by atoms with E-state index in [0.29, 0.717) is 17.1 Å². The van der Waals surface area contributed by atoms with Crippen LogP contribution in [0.3, 0.4) is 0 Å². The van der Waals surface area contributed by atoms with Gasteiger partial charge in [-0.05, 0) is 36.2 Å². The molecule has 2 aliphatic rings. The monoisotopic (exact) mass is 394 g/mol. The van der Waals surface area contributed by atoms with Gasteiger partial charge < -0.3 is 5.11 Å². The van der Waals surface area contributed by atoms with Crippen molar-refractivity contribution >= 4 is 44.1 Å². The molecule has 2 aromatic rings. The van der Waals surface area contributed by atoms with Crippen LogP contribution in [0.5, 0.6) is 0 Å². The minimum Gasteiger partial charge on any atom is -0.365 e. The third-order valence-corrected chi connectivity index (χ3v) is 6.45. The van der Waals surface area contributed by atoms with E-state index in [0.717, 1.165) is 28.0 Å². The number of aliphatic hydroxyl groups is 1. The van der Waals surface area contributed by atoms with Gasteiger partial charge in [0, 0.05) is 21.8 Å². The quantitative estimate of drug-likeness (QED) is 0.838. The number of hydrogen-bond acceptors (Lipinski definition) is 5. The maximum absolute atomic E-state index is 11.3. The van der Waals surface area contributed by atoms with Crippen molar-refractivity contribution in [2.45, 2.75) is 17.4 Å². The predicted octanol–water partition coefficient (Wildman–Crippen LogP) is 2.97. The van der Waals surface area contributed by atoms with Crippen molar-refractivity contribution in [1.29, 1.82) is 0 Å². The van der Waals surface area contributed by atoms with Gasteiger partial charge in [-0.1, -0.05) is 41.6 Å². The van der Waals surface area contributed by atoms with Gasteiger partial charge in [-0.25, -0.2) is 13.4 Å². The Balaban J connectivity index is 1.64. The van der Waals surface area contributed by atoms with Gasteiger partial charge >= 0.3 is 0 Å². The highest BCUT2D eigenvalue weighted by Crippen LogP contribution is 2.50. The Hall–Kier alpha value is -1.54. The molecule has 2 unspecified atom stereocenters. The average molecular weight is 395 g/mol. The van der Waals surface area contributed by atoms with Crippen molar-refractivity contribution in [2.75, 3.05) is 11.0 Å². The van der Waals surface area contributed by atoms with Gasteiger partial charge in [0.05, 0.1) is 11.5 Å². The smallest absolute Gasteiger partial charge is 0.229 e. The number of sulfonamides is 1. The van der Waals surface area contributed by atoms with E-state index >= 15 is 0 Å². The summed E-state index contributed by atoms with van der Waals surface area (Å²) >= 11 is 7.57. The van der Waals surface area contributed by atoms with Gasteiger partial charge in [-0.2, -0.15) is 0 Å². The van der Waals surface area contributed by atoms with Crippen LogP contribution in [-0.2, 0) is 22.2 Å². The number of nitrogens with one attached hydrogen (secondary N) is 1. The Labute approximate surface area is 155 Å². The molecule has 8 heteroatoms. The standard InChI is InChI=1S/C17H15ClN2O3S2/c1-25(22,23)20-13-5-2-10(3-6-13)16-19-17(21)14-7-4-12(18)8-11(14)9-15(17)24-16/h2-8,15,20-21H,9H2,1H3. The van der Waals surface area contributed by atoms with Crippen molar-refractivity contribution in [1.82, 2.24) is 0 Å². The molecule has 1 aliphatic carbocycles. The number of benzene rings is 2. The summed E-state index contributed by atoms with van der Waals surface area (Å²) < 4.78 is 25.0. The maximum Gasteiger partial charge on any atom is 0.229 e. The number of halogens is 1. The number of rotatable bonds is 3. The van der Waals surface area contributed by atoms with Gasteiger partial charge in [0.1, 0.15) is 5.04 Å². The molecule has 0 amide bonds. The summed E-state index contributed by atoms with van der Waals surface area (Å²) in [7, 11) is -3.30. The van der Waals surface area contributed by atoms with E-state index in [-0.39, 0.29) is 5.25 Å². The summed E-state index contributed by atoms with van der Waals surface area (Å²) in [6.45, 7) is 0. The van der Waals surface area contributed by atoms with Crippen molar-refractivity contribution in [3.63, 3.8) is 0 Å². The lowest BCUT2D eigenvalue weighted by Crippen LogP contribution is -2.27. The third-order valence-electron chi connectivity index (χ3n) is 4.28. The van der Waals surface area contributed by atoms with Gasteiger partial charge in [0.25, 0.3) is 0 Å². The Bertz CT molecular complexity index is 989. The zero-order valence-corrected chi connectivity index (χ0v) is 15.6. The van der Waals surface area contributed by atoms with Crippen LogP contribution in [-0.4, -0.2) is 30.1 Å². The fraction of sp³-hybridized carbons (Fsp3) is 0.235. The summed E-state index contributed by atoms with van der Waals surface area (Å²) in [5.41, 5.74) is 1.95. The Kier molecular flexibility index (Phi) is 3.88. The molecule has 25 heavy (non-hydrogen) atoms.